The highest BCUT2D eigenvalue weighted by atomic mass is 16.5. The van der Waals surface area contributed by atoms with Gasteiger partial charge in [0, 0.05) is 30.6 Å². The van der Waals surface area contributed by atoms with Crippen LogP contribution in [0.3, 0.4) is 0 Å². The zero-order valence-corrected chi connectivity index (χ0v) is 24.3. The van der Waals surface area contributed by atoms with Crippen LogP contribution >= 0.6 is 0 Å². The molecule has 2 aliphatic rings. The molecule has 1 saturated heterocycles. The molecular weight excluding hydrogens is 504 g/mol. The molecule has 0 spiro atoms. The van der Waals surface area contributed by atoms with Crippen molar-refractivity contribution in [2.45, 2.75) is 103 Å². The van der Waals surface area contributed by atoms with E-state index in [4.69, 9.17) is 15.5 Å². The third kappa shape index (κ3) is 5.03. The molecule has 1 aliphatic carbocycles. The number of fused-ring (bicyclic) bond motifs is 2. The van der Waals surface area contributed by atoms with Gasteiger partial charge in [0.2, 0.25) is 0 Å². The molecule has 1 saturated carbocycles. The third-order valence-corrected chi connectivity index (χ3v) is 8.81. The van der Waals surface area contributed by atoms with Crippen LogP contribution in [0.4, 0.5) is 5.82 Å². The van der Waals surface area contributed by atoms with Crippen molar-refractivity contribution in [2.75, 3.05) is 12.3 Å². The number of aromatic nitrogens is 6. The molecule has 10 heteroatoms. The Morgan fingerprint density at radius 3 is 2.70 bits per heavy atom. The van der Waals surface area contributed by atoms with E-state index in [-0.39, 0.29) is 17.7 Å². The fourth-order valence-corrected chi connectivity index (χ4v) is 6.51. The molecule has 40 heavy (non-hydrogen) atoms. The van der Waals surface area contributed by atoms with Crippen molar-refractivity contribution < 1.29 is 9.84 Å². The smallest absolute Gasteiger partial charge is 0.167 e. The molecule has 0 radical (unpaired) electrons. The average Bonchev–Trinajstić information content (AvgIpc) is 3.60. The first-order chi connectivity index (χ1) is 19.1. The molecular formula is C30H42N8O2. The van der Waals surface area contributed by atoms with Crippen molar-refractivity contribution in [3.63, 3.8) is 0 Å². The van der Waals surface area contributed by atoms with E-state index in [0.717, 1.165) is 54.8 Å². The number of hydrogen-bond acceptors (Lipinski definition) is 8. The molecule has 0 bridgehead atoms. The van der Waals surface area contributed by atoms with Crippen molar-refractivity contribution in [3.8, 4) is 5.75 Å². The SMILES string of the molecule is CC(C)N(C[C@@H]1CCC(n2cnc3c(N)ncnc32)O1)C1CC(CCc2nc3c(O)c(C(C)(C)C)ccc3[nH]2)C1. The minimum Gasteiger partial charge on any atom is -0.505 e. The third-order valence-electron chi connectivity index (χ3n) is 8.81. The van der Waals surface area contributed by atoms with Crippen LogP contribution in [0, 0.1) is 5.92 Å². The normalized spacial score (nSPS) is 23.6. The molecule has 2 fully saturated rings. The summed E-state index contributed by atoms with van der Waals surface area (Å²) in [7, 11) is 0. The van der Waals surface area contributed by atoms with Gasteiger partial charge in [0.15, 0.2) is 11.5 Å². The van der Waals surface area contributed by atoms with Crippen molar-refractivity contribution in [3.05, 3.63) is 36.2 Å². The molecule has 4 aromatic rings. The number of anilines is 1. The lowest BCUT2D eigenvalue weighted by Gasteiger charge is -2.46. The van der Waals surface area contributed by atoms with Gasteiger partial charge in [0.05, 0.1) is 17.9 Å². The van der Waals surface area contributed by atoms with Crippen LogP contribution in [0.25, 0.3) is 22.2 Å². The molecule has 1 aromatic carbocycles. The van der Waals surface area contributed by atoms with Crippen LogP contribution in [0.5, 0.6) is 5.75 Å². The number of ether oxygens (including phenoxy) is 1. The Kier molecular flexibility index (Phi) is 6.94. The minimum absolute atomic E-state index is 0.0739. The van der Waals surface area contributed by atoms with Gasteiger partial charge < -0.3 is 20.6 Å². The van der Waals surface area contributed by atoms with Gasteiger partial charge >= 0.3 is 0 Å². The summed E-state index contributed by atoms with van der Waals surface area (Å²) in [5.74, 6) is 2.36. The highest BCUT2D eigenvalue weighted by molar-refractivity contribution is 5.83. The minimum atomic E-state index is -0.123. The van der Waals surface area contributed by atoms with Crippen molar-refractivity contribution in [2.24, 2.45) is 5.92 Å². The predicted octanol–water partition coefficient (Wildman–Crippen LogP) is 5.09. The number of nitrogens with one attached hydrogen (secondary N) is 1. The summed E-state index contributed by atoms with van der Waals surface area (Å²) in [4.78, 5) is 23.7. The largest absolute Gasteiger partial charge is 0.505 e. The fraction of sp³-hybridized carbons (Fsp3) is 0.600. The lowest BCUT2D eigenvalue weighted by Crippen LogP contribution is -2.50. The second-order valence-corrected chi connectivity index (χ2v) is 13.0. The van der Waals surface area contributed by atoms with Gasteiger partial charge in [-0.1, -0.05) is 26.8 Å². The number of hydrogen-bond donors (Lipinski definition) is 3. The van der Waals surface area contributed by atoms with Crippen molar-refractivity contribution >= 4 is 28.0 Å². The summed E-state index contributed by atoms with van der Waals surface area (Å²) in [6.45, 7) is 11.8. The molecule has 10 nitrogen and oxygen atoms in total. The van der Waals surface area contributed by atoms with Gasteiger partial charge in [-0.05, 0) is 63.4 Å². The maximum Gasteiger partial charge on any atom is 0.167 e. The number of nitrogen functional groups attached to an aromatic ring is 1. The van der Waals surface area contributed by atoms with Crippen LogP contribution in [-0.4, -0.2) is 64.2 Å². The number of benzene rings is 1. The number of H-pyrrole nitrogens is 1. The highest BCUT2D eigenvalue weighted by Gasteiger charge is 2.37. The first-order valence-corrected chi connectivity index (χ1v) is 14.6. The second-order valence-electron chi connectivity index (χ2n) is 13.0. The number of phenolic OH excluding ortho intramolecular Hbond substituents is 1. The van der Waals surface area contributed by atoms with Crippen molar-refractivity contribution in [1.29, 1.82) is 0 Å². The molecule has 214 valence electrons. The van der Waals surface area contributed by atoms with E-state index >= 15 is 0 Å². The number of rotatable bonds is 8. The zero-order valence-electron chi connectivity index (χ0n) is 24.3. The highest BCUT2D eigenvalue weighted by Crippen LogP contribution is 2.39. The predicted molar refractivity (Wildman–Crippen MR) is 156 cm³/mol. The lowest BCUT2D eigenvalue weighted by atomic mass is 9.76. The van der Waals surface area contributed by atoms with Crippen LogP contribution < -0.4 is 5.73 Å². The van der Waals surface area contributed by atoms with Gasteiger partial charge in [-0.2, -0.15) is 0 Å². The maximum absolute atomic E-state index is 10.8. The molecule has 2 atom stereocenters. The van der Waals surface area contributed by atoms with Crippen LogP contribution in [0.15, 0.2) is 24.8 Å². The zero-order chi connectivity index (χ0) is 28.2. The quantitative estimate of drug-likeness (QED) is 0.279. The van der Waals surface area contributed by atoms with Crippen LogP contribution in [0.2, 0.25) is 0 Å². The Morgan fingerprint density at radius 1 is 1.15 bits per heavy atom. The lowest BCUT2D eigenvalue weighted by molar-refractivity contribution is -0.0393. The molecule has 1 unspecified atom stereocenters. The van der Waals surface area contributed by atoms with E-state index in [0.29, 0.717) is 40.6 Å². The van der Waals surface area contributed by atoms with Gasteiger partial charge in [0.1, 0.15) is 35.2 Å². The topological polar surface area (TPSA) is 131 Å². The van der Waals surface area contributed by atoms with E-state index in [2.05, 4.69) is 59.5 Å². The molecule has 4 N–H and O–H groups in total. The van der Waals surface area contributed by atoms with Crippen LogP contribution in [-0.2, 0) is 16.6 Å². The summed E-state index contributed by atoms with van der Waals surface area (Å²) in [6, 6.07) is 5.10. The van der Waals surface area contributed by atoms with Gasteiger partial charge in [-0.15, -0.1) is 0 Å². The molecule has 4 heterocycles. The van der Waals surface area contributed by atoms with Crippen molar-refractivity contribution in [1.82, 2.24) is 34.4 Å². The number of phenols is 1. The number of aromatic amines is 1. The van der Waals surface area contributed by atoms with Crippen LogP contribution in [0.1, 0.15) is 84.3 Å². The summed E-state index contributed by atoms with van der Waals surface area (Å²) in [6.07, 6.45) is 9.73. The number of imidazole rings is 2. The number of aromatic hydroxyl groups is 1. The van der Waals surface area contributed by atoms with Gasteiger partial charge in [-0.25, -0.2) is 19.9 Å². The fourth-order valence-electron chi connectivity index (χ4n) is 6.51. The molecule has 1 aliphatic heterocycles. The van der Waals surface area contributed by atoms with E-state index in [1.165, 1.54) is 19.2 Å². The maximum atomic E-state index is 10.8. The standard InChI is InChI=1S/C30H42N8O2/c1-17(2)37(14-20-7-11-24(40-20)38-16-34-26-28(31)32-15-33-29(26)38)19-12-18(13-19)6-10-23-35-22-9-8-21(30(3,4)5)27(39)25(22)36-23/h8-9,15-20,24,39H,6-7,10-14H2,1-5H3,(H,35,36)(H2,31,32,33)/t18?,19?,20-,24?/m0/s1. The number of nitrogens with zero attached hydrogens (tertiary/aromatic N) is 6. The summed E-state index contributed by atoms with van der Waals surface area (Å²) < 4.78 is 8.49. The monoisotopic (exact) mass is 546 g/mol. The Balaban J connectivity index is 1.03. The average molecular weight is 547 g/mol. The number of aryl methyl sites for hydroxylation is 1. The first kappa shape index (κ1) is 27.0. The molecule has 6 rings (SSSR count). The van der Waals surface area contributed by atoms with Gasteiger partial charge in [0.25, 0.3) is 0 Å². The summed E-state index contributed by atoms with van der Waals surface area (Å²) in [5.41, 5.74) is 9.74. The van der Waals surface area contributed by atoms with E-state index in [9.17, 15) is 5.11 Å². The molecule has 3 aromatic heterocycles. The number of nitrogens with two attached hydrogens (primary N) is 1. The Hall–Kier alpha value is -3.24. The molecule has 0 amide bonds. The second kappa shape index (κ2) is 10.3. The van der Waals surface area contributed by atoms with E-state index in [1.807, 2.05) is 16.7 Å². The Morgan fingerprint density at radius 2 is 1.95 bits per heavy atom. The first-order valence-electron chi connectivity index (χ1n) is 14.6. The Labute approximate surface area is 235 Å². The summed E-state index contributed by atoms with van der Waals surface area (Å²) in [5, 5.41) is 10.8. The van der Waals surface area contributed by atoms with E-state index < -0.39 is 0 Å². The van der Waals surface area contributed by atoms with Gasteiger partial charge in [-0.3, -0.25) is 9.47 Å². The van der Waals surface area contributed by atoms with E-state index in [1.54, 1.807) is 6.33 Å². The summed E-state index contributed by atoms with van der Waals surface area (Å²) >= 11 is 0. The Bertz CT molecular complexity index is 1500.